The second-order valence-corrected chi connectivity index (χ2v) is 8.27. The van der Waals surface area contributed by atoms with Crippen molar-refractivity contribution in [3.63, 3.8) is 0 Å². The number of pyridine rings is 2. The Morgan fingerprint density at radius 1 is 0.775 bits per heavy atom. The van der Waals surface area contributed by atoms with Gasteiger partial charge in [-0.05, 0) is 57.8 Å². The third-order valence-corrected chi connectivity index (χ3v) is 5.19. The molecule has 14 heteroatoms. The molecule has 0 radical (unpaired) electrons. The summed E-state index contributed by atoms with van der Waals surface area (Å²) in [5.74, 6) is -3.88. The second-order valence-electron chi connectivity index (χ2n) is 7.46. The van der Waals surface area contributed by atoms with Gasteiger partial charge in [-0.3, -0.25) is 4.98 Å². The molecular formula is C26H20BBrF4N2O6. The zero-order valence-electron chi connectivity index (χ0n) is 20.8. The van der Waals surface area contributed by atoms with Crippen LogP contribution >= 0.6 is 15.9 Å². The van der Waals surface area contributed by atoms with Gasteiger partial charge in [0, 0.05) is 5.56 Å². The smallest absolute Gasteiger partial charge is 0.465 e. The van der Waals surface area contributed by atoms with Gasteiger partial charge in [-0.2, -0.15) is 0 Å². The van der Waals surface area contributed by atoms with E-state index in [2.05, 4.69) is 35.4 Å². The number of halogens is 5. The van der Waals surface area contributed by atoms with Gasteiger partial charge in [-0.1, -0.05) is 24.3 Å². The topological polar surface area (TPSA) is 119 Å². The summed E-state index contributed by atoms with van der Waals surface area (Å²) in [5.41, 5.74) is 0.572. The van der Waals surface area contributed by atoms with Crippen LogP contribution in [0.1, 0.15) is 20.7 Å². The molecule has 0 aliphatic heterocycles. The summed E-state index contributed by atoms with van der Waals surface area (Å²) in [7, 11) is 0.760. The lowest BCUT2D eigenvalue weighted by Gasteiger charge is -2.05. The molecule has 0 atom stereocenters. The highest BCUT2D eigenvalue weighted by Gasteiger charge is 2.15. The van der Waals surface area contributed by atoms with Crippen molar-refractivity contribution in [2.24, 2.45) is 0 Å². The molecule has 40 heavy (non-hydrogen) atoms. The minimum Gasteiger partial charge on any atom is -0.465 e. The van der Waals surface area contributed by atoms with Crippen molar-refractivity contribution in [1.82, 2.24) is 9.97 Å². The lowest BCUT2D eigenvalue weighted by atomic mass is 9.80. The quantitative estimate of drug-likeness (QED) is 0.151. The lowest BCUT2D eigenvalue weighted by molar-refractivity contribution is 0.0586. The van der Waals surface area contributed by atoms with E-state index in [1.807, 2.05) is 0 Å². The number of aromatic nitrogens is 2. The zero-order chi connectivity index (χ0) is 29.8. The van der Waals surface area contributed by atoms with Crippen LogP contribution in [0.25, 0.3) is 11.3 Å². The van der Waals surface area contributed by atoms with Crippen LogP contribution in [0, 0.1) is 23.3 Å². The van der Waals surface area contributed by atoms with E-state index in [1.165, 1.54) is 55.6 Å². The first-order valence-electron chi connectivity index (χ1n) is 11.0. The summed E-state index contributed by atoms with van der Waals surface area (Å²) >= 11 is 3.01. The fraction of sp³-hybridized carbons (Fsp3) is 0.0769. The van der Waals surface area contributed by atoms with Crippen LogP contribution in [0.3, 0.4) is 0 Å². The van der Waals surface area contributed by atoms with Gasteiger partial charge < -0.3 is 19.5 Å². The molecule has 2 aromatic carbocycles. The molecule has 0 bridgehead atoms. The zero-order valence-corrected chi connectivity index (χ0v) is 22.4. The number of rotatable bonds is 4. The molecule has 0 saturated heterocycles. The number of nitrogens with zero attached hydrogens (tertiary/aromatic N) is 2. The molecule has 0 spiro atoms. The normalized spacial score (nSPS) is 9.82. The summed E-state index contributed by atoms with van der Waals surface area (Å²) in [4.78, 5) is 29.6. The number of carbonyl (C=O) groups is 2. The Morgan fingerprint density at radius 3 is 1.80 bits per heavy atom. The van der Waals surface area contributed by atoms with Gasteiger partial charge in [-0.25, -0.2) is 32.1 Å². The Labute approximate surface area is 234 Å². The maximum atomic E-state index is 13.4. The van der Waals surface area contributed by atoms with Crippen molar-refractivity contribution >= 4 is 40.4 Å². The molecule has 2 aromatic heterocycles. The number of benzene rings is 2. The first kappa shape index (κ1) is 32.1. The standard InChI is InChI=1S/C13H9F2NO2.C7H5BrFNO2.C6H6BFO2/c1-18-13(17)10-6-12(16-7-11(10)15)8-3-2-4-9(14)5-8;1-12-7(11)4-2-6(8)10-3-5(4)9;8-6-3-1-2-5(4-6)7(9)10/h2-7H,1H3;2-3H,1H3;1-4,9-10H. The molecule has 0 amide bonds. The highest BCUT2D eigenvalue weighted by molar-refractivity contribution is 9.10. The largest absolute Gasteiger partial charge is 0.488 e. The highest BCUT2D eigenvalue weighted by Crippen LogP contribution is 2.20. The van der Waals surface area contributed by atoms with Crippen molar-refractivity contribution in [2.45, 2.75) is 0 Å². The van der Waals surface area contributed by atoms with E-state index in [9.17, 15) is 27.2 Å². The molecule has 0 aliphatic rings. The SMILES string of the molecule is COC(=O)c1cc(-c2cccc(F)c2)ncc1F.COC(=O)c1cc(Br)ncc1F.OB(O)c1cccc(F)c1. The van der Waals surface area contributed by atoms with E-state index in [-0.39, 0.29) is 16.6 Å². The molecular weight excluding hydrogens is 603 g/mol. The van der Waals surface area contributed by atoms with E-state index in [0.717, 1.165) is 25.6 Å². The van der Waals surface area contributed by atoms with Gasteiger partial charge in [-0.15, -0.1) is 0 Å². The highest BCUT2D eigenvalue weighted by atomic mass is 79.9. The van der Waals surface area contributed by atoms with Crippen LogP contribution in [-0.4, -0.2) is 53.3 Å². The van der Waals surface area contributed by atoms with Crippen LogP contribution in [-0.2, 0) is 9.47 Å². The summed E-state index contributed by atoms with van der Waals surface area (Å²) in [6, 6.07) is 13.3. The molecule has 0 saturated carbocycles. The predicted octanol–water partition coefficient (Wildman–Crippen LogP) is 4.09. The Kier molecular flexibility index (Phi) is 12.4. The van der Waals surface area contributed by atoms with Gasteiger partial charge in [0.1, 0.15) is 16.2 Å². The second kappa shape index (κ2) is 15.5. The van der Waals surface area contributed by atoms with Crippen LogP contribution < -0.4 is 5.46 Å². The van der Waals surface area contributed by atoms with Gasteiger partial charge in [0.05, 0.1) is 43.4 Å². The summed E-state index contributed by atoms with van der Waals surface area (Å²) in [6.07, 6.45) is 1.86. The minimum atomic E-state index is -1.59. The molecule has 0 fully saturated rings. The molecule has 2 heterocycles. The first-order chi connectivity index (χ1) is 19.0. The molecule has 4 aromatic rings. The fourth-order valence-electron chi connectivity index (χ4n) is 2.86. The monoisotopic (exact) mass is 622 g/mol. The van der Waals surface area contributed by atoms with Gasteiger partial charge in [0.2, 0.25) is 0 Å². The van der Waals surface area contributed by atoms with Crippen LogP contribution in [0.15, 0.2) is 77.7 Å². The van der Waals surface area contributed by atoms with Crippen molar-refractivity contribution in [1.29, 1.82) is 0 Å². The molecule has 2 N–H and O–H groups in total. The first-order valence-corrected chi connectivity index (χ1v) is 11.8. The van der Waals surface area contributed by atoms with Crippen molar-refractivity contribution < 1.29 is 46.7 Å². The van der Waals surface area contributed by atoms with Crippen molar-refractivity contribution in [3.8, 4) is 11.3 Å². The van der Waals surface area contributed by atoms with E-state index >= 15 is 0 Å². The number of hydrogen-bond acceptors (Lipinski definition) is 8. The Bertz CT molecular complexity index is 1480. The fourth-order valence-corrected chi connectivity index (χ4v) is 3.19. The Hall–Kier alpha value is -4.14. The van der Waals surface area contributed by atoms with Crippen LogP contribution in [0.4, 0.5) is 17.6 Å². The summed E-state index contributed by atoms with van der Waals surface area (Å²) < 4.78 is 60.7. The third-order valence-electron chi connectivity index (χ3n) is 4.76. The number of methoxy groups -OCH3 is 2. The summed E-state index contributed by atoms with van der Waals surface area (Å²) in [6.45, 7) is 0. The Balaban J connectivity index is 0.000000222. The molecule has 4 rings (SSSR count). The van der Waals surface area contributed by atoms with Gasteiger partial charge >= 0.3 is 19.1 Å². The van der Waals surface area contributed by atoms with Crippen molar-refractivity contribution in [3.05, 3.63) is 112 Å². The average Bonchev–Trinajstić information content (AvgIpc) is 2.94. The molecule has 0 aliphatic carbocycles. The Morgan fingerprint density at radius 2 is 1.30 bits per heavy atom. The summed E-state index contributed by atoms with van der Waals surface area (Å²) in [5, 5.41) is 17.1. The molecule has 8 nitrogen and oxygen atoms in total. The van der Waals surface area contributed by atoms with Crippen LogP contribution in [0.5, 0.6) is 0 Å². The van der Waals surface area contributed by atoms with E-state index in [0.29, 0.717) is 15.9 Å². The number of esters is 2. The maximum Gasteiger partial charge on any atom is 0.488 e. The predicted molar refractivity (Wildman–Crippen MR) is 140 cm³/mol. The van der Waals surface area contributed by atoms with E-state index in [1.54, 1.807) is 6.07 Å². The number of carbonyl (C=O) groups excluding carboxylic acids is 2. The molecule has 208 valence electrons. The number of ether oxygens (including phenoxy) is 2. The van der Waals surface area contributed by atoms with Gasteiger partial charge in [0.15, 0.2) is 11.6 Å². The maximum absolute atomic E-state index is 13.4. The van der Waals surface area contributed by atoms with Crippen LogP contribution in [0.2, 0.25) is 0 Å². The van der Waals surface area contributed by atoms with E-state index in [4.69, 9.17) is 10.0 Å². The average molecular weight is 623 g/mol. The van der Waals surface area contributed by atoms with Crippen molar-refractivity contribution in [2.75, 3.05) is 14.2 Å². The van der Waals surface area contributed by atoms with Gasteiger partial charge in [0.25, 0.3) is 0 Å². The third kappa shape index (κ3) is 9.56. The number of hydrogen-bond donors (Lipinski definition) is 2. The lowest BCUT2D eigenvalue weighted by Crippen LogP contribution is -2.29. The molecule has 0 unspecified atom stereocenters. The van der Waals surface area contributed by atoms with E-state index < -0.39 is 42.3 Å². The minimum absolute atomic E-state index is 0.126.